The minimum absolute atomic E-state index is 0.0760. The molecule has 2 fully saturated rings. The molecule has 1 saturated heterocycles. The number of halogens is 1. The minimum Gasteiger partial charge on any atom is -0.445 e. The number of aliphatic imine (C=N–C) groups is 1. The molecule has 0 unspecified atom stereocenters. The molecule has 1 aromatic carbocycles. The largest absolute Gasteiger partial charge is 0.445 e. The van der Waals surface area contributed by atoms with Gasteiger partial charge in [-0.25, -0.2) is 9.18 Å². The molecule has 11 heteroatoms. The van der Waals surface area contributed by atoms with Crippen molar-refractivity contribution < 1.29 is 28.3 Å². The van der Waals surface area contributed by atoms with E-state index < -0.39 is 36.0 Å². The lowest BCUT2D eigenvalue weighted by Crippen LogP contribution is -2.60. The third-order valence-electron chi connectivity index (χ3n) is 7.35. The van der Waals surface area contributed by atoms with E-state index in [9.17, 15) is 23.6 Å². The van der Waals surface area contributed by atoms with Crippen LogP contribution in [0.1, 0.15) is 63.4 Å². The van der Waals surface area contributed by atoms with E-state index in [2.05, 4.69) is 10.3 Å². The fourth-order valence-electron chi connectivity index (χ4n) is 5.36. The monoisotopic (exact) mass is 531 g/mol. The number of Topliss-reactive ketones (excluding diaryl/α,β-unsaturated/α-hetero) is 2. The van der Waals surface area contributed by atoms with Crippen molar-refractivity contribution in [3.8, 4) is 0 Å². The number of hydrogen-bond donors (Lipinski definition) is 3. The van der Waals surface area contributed by atoms with Gasteiger partial charge in [0.25, 0.3) is 0 Å². The summed E-state index contributed by atoms with van der Waals surface area (Å²) in [5.74, 6) is -2.10. The van der Waals surface area contributed by atoms with Gasteiger partial charge >= 0.3 is 6.09 Å². The van der Waals surface area contributed by atoms with E-state index in [1.807, 2.05) is 30.3 Å². The summed E-state index contributed by atoms with van der Waals surface area (Å²) >= 11 is 0. The summed E-state index contributed by atoms with van der Waals surface area (Å²) in [6, 6.07) is 8.52. The van der Waals surface area contributed by atoms with Gasteiger partial charge in [-0.3, -0.25) is 19.4 Å². The van der Waals surface area contributed by atoms with Crippen LogP contribution in [0, 0.1) is 5.92 Å². The van der Waals surface area contributed by atoms with Gasteiger partial charge in [0.2, 0.25) is 5.91 Å². The number of benzene rings is 1. The summed E-state index contributed by atoms with van der Waals surface area (Å²) in [5, 5.41) is 2.81. The molecule has 2 amide bonds. The SMILES string of the molecule is NC(N)=NCCC[C@H](CC(=O)[C@@H]1CCCN1C(=O)C1(NC(=O)OCc2ccccc2)CCCC1)C(=O)CF. The number of nitrogens with zero attached hydrogens (tertiary/aromatic N) is 2. The van der Waals surface area contributed by atoms with Gasteiger partial charge in [-0.15, -0.1) is 0 Å². The van der Waals surface area contributed by atoms with Crippen molar-refractivity contribution in [2.75, 3.05) is 19.8 Å². The highest BCUT2D eigenvalue weighted by Gasteiger charge is 2.48. The van der Waals surface area contributed by atoms with Crippen LogP contribution in [0.25, 0.3) is 0 Å². The zero-order valence-corrected chi connectivity index (χ0v) is 21.7. The van der Waals surface area contributed by atoms with Crippen LogP contribution in [0.5, 0.6) is 0 Å². The number of carbonyl (C=O) groups excluding carboxylic acids is 4. The molecule has 208 valence electrons. The first-order valence-corrected chi connectivity index (χ1v) is 13.2. The van der Waals surface area contributed by atoms with Crippen LogP contribution in [-0.4, -0.2) is 65.8 Å². The molecule has 1 heterocycles. The Morgan fingerprint density at radius 1 is 1.13 bits per heavy atom. The number of hydrogen-bond acceptors (Lipinski definition) is 6. The fraction of sp³-hybridized carbons (Fsp3) is 0.593. The van der Waals surface area contributed by atoms with Gasteiger partial charge in [-0.1, -0.05) is 43.2 Å². The summed E-state index contributed by atoms with van der Waals surface area (Å²) in [7, 11) is 0. The number of alkyl halides is 1. The predicted molar refractivity (Wildman–Crippen MR) is 140 cm³/mol. The van der Waals surface area contributed by atoms with E-state index in [1.165, 1.54) is 4.90 Å². The number of ketones is 2. The molecule has 2 aliphatic rings. The number of alkyl carbamates (subject to hydrolysis) is 1. The van der Waals surface area contributed by atoms with Crippen molar-refractivity contribution in [1.82, 2.24) is 10.2 Å². The van der Waals surface area contributed by atoms with Crippen molar-refractivity contribution in [2.24, 2.45) is 22.4 Å². The van der Waals surface area contributed by atoms with E-state index in [0.717, 1.165) is 18.4 Å². The van der Waals surface area contributed by atoms with E-state index in [-0.39, 0.29) is 43.6 Å². The molecule has 2 atom stereocenters. The number of ether oxygens (including phenoxy) is 1. The molecule has 0 bridgehead atoms. The van der Waals surface area contributed by atoms with Gasteiger partial charge in [0.15, 0.2) is 17.5 Å². The average Bonchev–Trinajstić information content (AvgIpc) is 3.59. The van der Waals surface area contributed by atoms with E-state index >= 15 is 0 Å². The second-order valence-electron chi connectivity index (χ2n) is 10.0. The first-order chi connectivity index (χ1) is 18.3. The van der Waals surface area contributed by atoms with Gasteiger partial charge in [0.05, 0.1) is 6.04 Å². The molecule has 1 aromatic rings. The molecular formula is C27H38FN5O5. The van der Waals surface area contributed by atoms with E-state index in [1.54, 1.807) is 0 Å². The summed E-state index contributed by atoms with van der Waals surface area (Å²) in [5.41, 5.74) is 10.3. The molecule has 1 aliphatic carbocycles. The first kappa shape index (κ1) is 29.1. The van der Waals surface area contributed by atoms with Crippen molar-refractivity contribution in [2.45, 2.75) is 76.0 Å². The molecule has 0 radical (unpaired) electrons. The Hall–Kier alpha value is -3.50. The zero-order chi connectivity index (χ0) is 27.5. The average molecular weight is 532 g/mol. The summed E-state index contributed by atoms with van der Waals surface area (Å²) in [6.45, 7) is -0.431. The maximum absolute atomic E-state index is 13.8. The third-order valence-corrected chi connectivity index (χ3v) is 7.35. The standard InChI is InChI=1S/C27H38FN5O5/c28-17-23(35)20(10-6-14-31-25(29)30)16-22(34)21-11-7-15-33(21)24(36)27(12-4-5-13-27)32-26(37)38-18-19-8-2-1-3-9-19/h1-3,8-9,20-21H,4-7,10-18H2,(H,32,37)(H4,29,30,31)/t20-,21+/m1/s1. The Morgan fingerprint density at radius 3 is 2.50 bits per heavy atom. The normalized spacial score (nSPS) is 19.0. The zero-order valence-electron chi connectivity index (χ0n) is 21.7. The summed E-state index contributed by atoms with van der Waals surface area (Å²) < 4.78 is 18.6. The molecule has 10 nitrogen and oxygen atoms in total. The predicted octanol–water partition coefficient (Wildman–Crippen LogP) is 2.38. The Labute approximate surface area is 222 Å². The number of rotatable bonds is 13. The van der Waals surface area contributed by atoms with Crippen LogP contribution >= 0.6 is 0 Å². The minimum atomic E-state index is -1.16. The van der Waals surface area contributed by atoms with Gasteiger partial charge in [0.1, 0.15) is 18.8 Å². The molecule has 38 heavy (non-hydrogen) atoms. The van der Waals surface area contributed by atoms with Crippen LogP contribution < -0.4 is 16.8 Å². The lowest BCUT2D eigenvalue weighted by atomic mass is 9.89. The maximum atomic E-state index is 13.8. The number of likely N-dealkylation sites (tertiary alicyclic amines) is 1. The third kappa shape index (κ3) is 7.75. The lowest BCUT2D eigenvalue weighted by Gasteiger charge is -2.35. The van der Waals surface area contributed by atoms with Crippen LogP contribution in [-0.2, 0) is 25.7 Å². The lowest BCUT2D eigenvalue weighted by molar-refractivity contribution is -0.143. The van der Waals surface area contributed by atoms with E-state index in [0.29, 0.717) is 38.6 Å². The Balaban J connectivity index is 1.64. The maximum Gasteiger partial charge on any atom is 0.408 e. The highest BCUT2D eigenvalue weighted by atomic mass is 19.1. The molecule has 0 spiro atoms. The number of amides is 2. The number of nitrogens with two attached hydrogens (primary N) is 2. The fourth-order valence-corrected chi connectivity index (χ4v) is 5.36. The topological polar surface area (TPSA) is 157 Å². The summed E-state index contributed by atoms with van der Waals surface area (Å²) in [4.78, 5) is 57.3. The highest BCUT2D eigenvalue weighted by molar-refractivity contribution is 5.97. The number of carbonyl (C=O) groups is 4. The number of nitrogens with one attached hydrogen (secondary N) is 1. The summed E-state index contributed by atoms with van der Waals surface area (Å²) in [6.07, 6.45) is 3.39. The van der Waals surface area contributed by atoms with Crippen molar-refractivity contribution in [1.29, 1.82) is 0 Å². The van der Waals surface area contributed by atoms with Crippen molar-refractivity contribution >= 4 is 29.5 Å². The van der Waals surface area contributed by atoms with Gasteiger partial charge in [-0.2, -0.15) is 0 Å². The van der Waals surface area contributed by atoms with Gasteiger partial charge < -0.3 is 26.4 Å². The van der Waals surface area contributed by atoms with Crippen LogP contribution in [0.3, 0.4) is 0 Å². The molecular weight excluding hydrogens is 493 g/mol. The molecule has 5 N–H and O–H groups in total. The first-order valence-electron chi connectivity index (χ1n) is 13.2. The Bertz CT molecular complexity index is 1010. The number of guanidine groups is 1. The quantitative estimate of drug-likeness (QED) is 0.200. The van der Waals surface area contributed by atoms with Crippen molar-refractivity contribution in [3.63, 3.8) is 0 Å². The van der Waals surface area contributed by atoms with Gasteiger partial charge in [0, 0.05) is 25.4 Å². The van der Waals surface area contributed by atoms with Crippen LogP contribution in [0.15, 0.2) is 35.3 Å². The second kappa shape index (κ2) is 13.9. The molecule has 1 saturated carbocycles. The highest BCUT2D eigenvalue weighted by Crippen LogP contribution is 2.35. The Morgan fingerprint density at radius 2 is 1.84 bits per heavy atom. The second-order valence-corrected chi connectivity index (χ2v) is 10.0. The van der Waals surface area contributed by atoms with Crippen LogP contribution in [0.4, 0.5) is 9.18 Å². The smallest absolute Gasteiger partial charge is 0.408 e. The van der Waals surface area contributed by atoms with E-state index in [4.69, 9.17) is 16.2 Å². The van der Waals surface area contributed by atoms with Gasteiger partial charge in [-0.05, 0) is 44.1 Å². The molecule has 1 aliphatic heterocycles. The van der Waals surface area contributed by atoms with Crippen LogP contribution in [0.2, 0.25) is 0 Å². The molecule has 3 rings (SSSR count). The van der Waals surface area contributed by atoms with Crippen molar-refractivity contribution in [3.05, 3.63) is 35.9 Å². The molecule has 0 aromatic heterocycles. The Kier molecular flexibility index (Phi) is 10.6.